The molecule has 0 fully saturated rings. The molecule has 0 aliphatic carbocycles. The maximum Gasteiger partial charge on any atom is 0.410 e. The van der Waals surface area contributed by atoms with Crippen molar-refractivity contribution in [2.24, 2.45) is 0 Å². The molecule has 1 amide bonds. The van der Waals surface area contributed by atoms with Crippen molar-refractivity contribution in [2.45, 2.75) is 18.9 Å². The molecular formula is C26H23Cl2NO5. The van der Waals surface area contributed by atoms with Crippen LogP contribution in [0.15, 0.2) is 66.7 Å². The van der Waals surface area contributed by atoms with Gasteiger partial charge in [-0.25, -0.2) is 9.59 Å². The SMILES string of the molecule is O=C(O)COc1ccc(Cl)cc1C1c2ccccc2CCN1C(=O)OCCc1ccccc1Cl. The minimum absolute atomic E-state index is 0.172. The van der Waals surface area contributed by atoms with Crippen molar-refractivity contribution < 1.29 is 24.2 Å². The van der Waals surface area contributed by atoms with Gasteiger partial charge in [0, 0.05) is 28.6 Å². The summed E-state index contributed by atoms with van der Waals surface area (Å²) >= 11 is 12.5. The molecule has 0 radical (unpaired) electrons. The number of ether oxygens (including phenoxy) is 2. The van der Waals surface area contributed by atoms with E-state index in [1.807, 2.05) is 42.5 Å². The highest BCUT2D eigenvalue weighted by Crippen LogP contribution is 2.40. The van der Waals surface area contributed by atoms with E-state index in [2.05, 4.69) is 0 Å². The quantitative estimate of drug-likeness (QED) is 0.445. The van der Waals surface area contributed by atoms with E-state index in [0.717, 1.165) is 16.7 Å². The van der Waals surface area contributed by atoms with Gasteiger partial charge in [0.2, 0.25) is 0 Å². The van der Waals surface area contributed by atoms with Crippen molar-refractivity contribution in [1.82, 2.24) is 4.90 Å². The number of amides is 1. The van der Waals surface area contributed by atoms with E-state index in [9.17, 15) is 9.59 Å². The number of hydrogen-bond acceptors (Lipinski definition) is 4. The number of rotatable bonds is 7. The van der Waals surface area contributed by atoms with Crippen molar-refractivity contribution in [2.75, 3.05) is 19.8 Å². The number of halogens is 2. The number of benzene rings is 3. The molecule has 8 heteroatoms. The zero-order valence-electron chi connectivity index (χ0n) is 18.2. The molecule has 4 rings (SSSR count). The summed E-state index contributed by atoms with van der Waals surface area (Å²) in [6.45, 7) is 0.0914. The molecule has 0 aromatic heterocycles. The molecule has 1 aliphatic rings. The molecule has 3 aromatic rings. The van der Waals surface area contributed by atoms with Gasteiger partial charge in [0.05, 0.1) is 12.6 Å². The van der Waals surface area contributed by atoms with Gasteiger partial charge in [-0.1, -0.05) is 65.7 Å². The molecule has 34 heavy (non-hydrogen) atoms. The molecule has 1 atom stereocenters. The molecule has 1 unspecified atom stereocenters. The van der Waals surface area contributed by atoms with E-state index in [4.69, 9.17) is 37.8 Å². The van der Waals surface area contributed by atoms with Crippen LogP contribution in [-0.2, 0) is 22.4 Å². The van der Waals surface area contributed by atoms with Crippen molar-refractivity contribution in [3.8, 4) is 5.75 Å². The Morgan fingerprint density at radius 1 is 1.00 bits per heavy atom. The number of nitrogens with zero attached hydrogens (tertiary/aromatic N) is 1. The minimum Gasteiger partial charge on any atom is -0.482 e. The summed E-state index contributed by atoms with van der Waals surface area (Å²) in [6.07, 6.45) is 0.679. The lowest BCUT2D eigenvalue weighted by molar-refractivity contribution is -0.139. The first-order valence-corrected chi connectivity index (χ1v) is 11.6. The highest BCUT2D eigenvalue weighted by Gasteiger charge is 2.35. The fourth-order valence-corrected chi connectivity index (χ4v) is 4.55. The minimum atomic E-state index is -1.10. The smallest absolute Gasteiger partial charge is 0.410 e. The van der Waals surface area contributed by atoms with Crippen molar-refractivity contribution in [1.29, 1.82) is 0 Å². The van der Waals surface area contributed by atoms with E-state index in [0.29, 0.717) is 40.7 Å². The maximum atomic E-state index is 13.2. The van der Waals surface area contributed by atoms with E-state index < -0.39 is 24.7 Å². The van der Waals surface area contributed by atoms with Crippen LogP contribution >= 0.6 is 23.2 Å². The third-order valence-electron chi connectivity index (χ3n) is 5.69. The Hall–Kier alpha value is -3.22. The first kappa shape index (κ1) is 23.9. The van der Waals surface area contributed by atoms with Crippen LogP contribution in [0.25, 0.3) is 0 Å². The molecule has 0 saturated carbocycles. The number of carbonyl (C=O) groups is 2. The first-order chi connectivity index (χ1) is 16.4. The van der Waals surface area contributed by atoms with Gasteiger partial charge in [-0.3, -0.25) is 4.90 Å². The topological polar surface area (TPSA) is 76.1 Å². The number of fused-ring (bicyclic) bond motifs is 1. The van der Waals surface area contributed by atoms with Crippen LogP contribution < -0.4 is 4.74 Å². The third-order valence-corrected chi connectivity index (χ3v) is 6.29. The maximum absolute atomic E-state index is 13.2. The summed E-state index contributed by atoms with van der Waals surface area (Å²) in [5, 5.41) is 10.2. The van der Waals surface area contributed by atoms with Crippen LogP contribution in [0.3, 0.4) is 0 Å². The molecule has 6 nitrogen and oxygen atoms in total. The fourth-order valence-electron chi connectivity index (χ4n) is 4.13. The van der Waals surface area contributed by atoms with Crippen molar-refractivity contribution in [3.63, 3.8) is 0 Å². The zero-order chi connectivity index (χ0) is 24.1. The summed E-state index contributed by atoms with van der Waals surface area (Å²) in [5.41, 5.74) is 3.51. The van der Waals surface area contributed by atoms with Crippen molar-refractivity contribution >= 4 is 35.3 Å². The second-order valence-corrected chi connectivity index (χ2v) is 8.71. The fraction of sp³-hybridized carbons (Fsp3) is 0.231. The van der Waals surface area contributed by atoms with Gasteiger partial charge in [0.15, 0.2) is 6.61 Å². The van der Waals surface area contributed by atoms with Gasteiger partial charge >= 0.3 is 12.1 Å². The van der Waals surface area contributed by atoms with Gasteiger partial charge in [-0.05, 0) is 47.4 Å². The lowest BCUT2D eigenvalue weighted by Crippen LogP contribution is -2.41. The molecule has 3 aromatic carbocycles. The summed E-state index contributed by atoms with van der Waals surface area (Å²) in [4.78, 5) is 26.0. The normalized spacial score (nSPS) is 14.9. The lowest BCUT2D eigenvalue weighted by Gasteiger charge is -2.37. The van der Waals surface area contributed by atoms with Gasteiger partial charge in [-0.15, -0.1) is 0 Å². The predicted molar refractivity (Wildman–Crippen MR) is 130 cm³/mol. The molecule has 0 spiro atoms. The molecule has 1 heterocycles. The zero-order valence-corrected chi connectivity index (χ0v) is 19.8. The second kappa shape index (κ2) is 10.8. The Morgan fingerprint density at radius 2 is 1.76 bits per heavy atom. The van der Waals surface area contributed by atoms with Crippen LogP contribution in [0.5, 0.6) is 5.75 Å². The van der Waals surface area contributed by atoms with Gasteiger partial charge < -0.3 is 14.6 Å². The highest BCUT2D eigenvalue weighted by atomic mass is 35.5. The lowest BCUT2D eigenvalue weighted by atomic mass is 9.88. The largest absolute Gasteiger partial charge is 0.482 e. The highest BCUT2D eigenvalue weighted by molar-refractivity contribution is 6.31. The summed E-state index contributed by atoms with van der Waals surface area (Å²) < 4.78 is 11.2. The van der Waals surface area contributed by atoms with Crippen LogP contribution in [0.2, 0.25) is 10.0 Å². The van der Waals surface area contributed by atoms with Crippen LogP contribution in [-0.4, -0.2) is 41.8 Å². The van der Waals surface area contributed by atoms with Gasteiger partial charge in [0.25, 0.3) is 0 Å². The molecule has 176 valence electrons. The Labute approximate surface area is 207 Å². The van der Waals surface area contributed by atoms with E-state index in [1.54, 1.807) is 29.2 Å². The number of aliphatic carboxylic acids is 1. The number of carbonyl (C=O) groups excluding carboxylic acids is 1. The molecule has 0 bridgehead atoms. The number of hydrogen-bond donors (Lipinski definition) is 1. The summed E-state index contributed by atoms with van der Waals surface area (Å²) in [7, 11) is 0. The van der Waals surface area contributed by atoms with Crippen LogP contribution in [0, 0.1) is 0 Å². The van der Waals surface area contributed by atoms with E-state index in [-0.39, 0.29) is 6.61 Å². The average Bonchev–Trinajstić information content (AvgIpc) is 2.83. The molecule has 1 aliphatic heterocycles. The average molecular weight is 500 g/mol. The van der Waals surface area contributed by atoms with Crippen molar-refractivity contribution in [3.05, 3.63) is 99.0 Å². The Balaban J connectivity index is 1.62. The standard InChI is InChI=1S/C26H23Cl2NO5/c27-19-9-10-23(34-16-24(30)31)21(15-19)25-20-7-3-1-5-17(20)11-13-29(25)26(32)33-14-12-18-6-2-4-8-22(18)28/h1-10,15,25H,11-14,16H2,(H,30,31). The van der Waals surface area contributed by atoms with E-state index >= 15 is 0 Å². The van der Waals surface area contributed by atoms with Crippen LogP contribution in [0.1, 0.15) is 28.3 Å². The molecule has 1 N–H and O–H groups in total. The molecule has 0 saturated heterocycles. The van der Waals surface area contributed by atoms with Gasteiger partial charge in [-0.2, -0.15) is 0 Å². The molecular weight excluding hydrogens is 477 g/mol. The second-order valence-electron chi connectivity index (χ2n) is 7.87. The Kier molecular flexibility index (Phi) is 7.60. The van der Waals surface area contributed by atoms with Gasteiger partial charge in [0.1, 0.15) is 5.75 Å². The number of carboxylic acid groups (broad SMARTS) is 1. The monoisotopic (exact) mass is 499 g/mol. The summed E-state index contributed by atoms with van der Waals surface area (Å²) in [6, 6.07) is 19.7. The predicted octanol–water partition coefficient (Wildman–Crippen LogP) is 5.78. The Bertz CT molecular complexity index is 1200. The Morgan fingerprint density at radius 3 is 2.56 bits per heavy atom. The van der Waals surface area contributed by atoms with Crippen LogP contribution in [0.4, 0.5) is 4.79 Å². The number of carboxylic acids is 1. The van der Waals surface area contributed by atoms with E-state index in [1.165, 1.54) is 0 Å². The summed E-state index contributed by atoms with van der Waals surface area (Å²) in [5.74, 6) is -0.747. The first-order valence-electron chi connectivity index (χ1n) is 10.8. The third kappa shape index (κ3) is 5.46.